The zero-order valence-electron chi connectivity index (χ0n) is 12.4. The largest absolute Gasteiger partial charge is 0.484 e. The van der Waals surface area contributed by atoms with Crippen LogP contribution in [0.25, 0.3) is 0 Å². The van der Waals surface area contributed by atoms with Gasteiger partial charge in [0, 0.05) is 17.7 Å². The number of nitrogens with one attached hydrogen (secondary N) is 1. The summed E-state index contributed by atoms with van der Waals surface area (Å²) in [6, 6.07) is 14.1. The second-order valence-corrected chi connectivity index (χ2v) is 4.57. The highest BCUT2D eigenvalue weighted by Crippen LogP contribution is 2.12. The maximum Gasteiger partial charge on any atom is 0.277 e. The van der Waals surface area contributed by atoms with Gasteiger partial charge in [0.2, 0.25) is 0 Å². The average Bonchev–Trinajstić information content (AvgIpc) is 2.60. The number of hydrazone groups is 1. The fourth-order valence-corrected chi connectivity index (χ4v) is 1.70. The molecule has 0 fully saturated rings. The van der Waals surface area contributed by atoms with Crippen LogP contribution in [0.15, 0.2) is 53.6 Å². The summed E-state index contributed by atoms with van der Waals surface area (Å²) in [7, 11) is 0. The van der Waals surface area contributed by atoms with Crippen molar-refractivity contribution in [2.45, 2.75) is 0 Å². The van der Waals surface area contributed by atoms with Crippen molar-refractivity contribution in [3.8, 4) is 11.8 Å². The molecule has 0 saturated heterocycles. The highest BCUT2D eigenvalue weighted by atomic mass is 16.6. The molecule has 0 bridgehead atoms. The smallest absolute Gasteiger partial charge is 0.277 e. The number of nitrogens with zero attached hydrogens (tertiary/aromatic N) is 3. The molecule has 0 aliphatic heterocycles. The zero-order valence-corrected chi connectivity index (χ0v) is 12.4. The summed E-state index contributed by atoms with van der Waals surface area (Å²) in [5.41, 5.74) is 3.17. The first-order valence-electron chi connectivity index (χ1n) is 6.78. The third kappa shape index (κ3) is 4.92. The van der Waals surface area contributed by atoms with E-state index in [9.17, 15) is 14.9 Å². The van der Waals surface area contributed by atoms with E-state index in [1.54, 1.807) is 30.3 Å². The molecular weight excluding hydrogens is 312 g/mol. The predicted molar refractivity (Wildman–Crippen MR) is 85.5 cm³/mol. The first-order chi connectivity index (χ1) is 11.6. The lowest BCUT2D eigenvalue weighted by Crippen LogP contribution is -2.24. The molecule has 120 valence electrons. The van der Waals surface area contributed by atoms with Gasteiger partial charge in [-0.05, 0) is 24.3 Å². The van der Waals surface area contributed by atoms with E-state index in [2.05, 4.69) is 10.5 Å². The van der Waals surface area contributed by atoms with Crippen LogP contribution in [0.3, 0.4) is 0 Å². The summed E-state index contributed by atoms with van der Waals surface area (Å²) >= 11 is 0. The van der Waals surface area contributed by atoms with E-state index in [4.69, 9.17) is 10.00 Å². The molecule has 1 amide bonds. The number of nitro groups is 1. The molecule has 0 spiro atoms. The van der Waals surface area contributed by atoms with Gasteiger partial charge in [-0.3, -0.25) is 14.9 Å². The molecule has 0 aromatic heterocycles. The first kappa shape index (κ1) is 16.6. The molecule has 0 aliphatic rings. The summed E-state index contributed by atoms with van der Waals surface area (Å²) < 4.78 is 5.24. The molecule has 2 aromatic carbocycles. The lowest BCUT2D eigenvalue weighted by Gasteiger charge is -2.04. The summed E-state index contributed by atoms with van der Waals surface area (Å²) in [5, 5.41) is 23.0. The second-order valence-electron chi connectivity index (χ2n) is 4.57. The highest BCUT2D eigenvalue weighted by Gasteiger charge is 2.04. The summed E-state index contributed by atoms with van der Waals surface area (Å²) in [4.78, 5) is 21.7. The second kappa shape index (κ2) is 8.05. The maximum absolute atomic E-state index is 11.6. The Kier molecular flexibility index (Phi) is 5.58. The number of hydrogen-bond acceptors (Lipinski definition) is 6. The Hall–Kier alpha value is -3.73. The topological polar surface area (TPSA) is 118 Å². The Labute approximate surface area is 137 Å². The number of non-ortho nitro benzene ring substituents is 1. The quantitative estimate of drug-likeness (QED) is 0.495. The van der Waals surface area contributed by atoms with Crippen LogP contribution in [-0.2, 0) is 4.79 Å². The van der Waals surface area contributed by atoms with Gasteiger partial charge in [0.1, 0.15) is 5.75 Å². The molecule has 0 aliphatic carbocycles. The number of nitriles is 1. The number of ether oxygens (including phenoxy) is 1. The fourth-order valence-electron chi connectivity index (χ4n) is 1.70. The van der Waals surface area contributed by atoms with Crippen LogP contribution in [0.2, 0.25) is 0 Å². The van der Waals surface area contributed by atoms with Crippen LogP contribution in [0, 0.1) is 21.4 Å². The van der Waals surface area contributed by atoms with Crippen molar-refractivity contribution in [1.82, 2.24) is 5.43 Å². The first-order valence-corrected chi connectivity index (χ1v) is 6.78. The number of carbonyl (C=O) groups excluding carboxylic acids is 1. The minimum atomic E-state index is -0.513. The van der Waals surface area contributed by atoms with Gasteiger partial charge in [0.25, 0.3) is 11.6 Å². The SMILES string of the molecule is N#Cc1ccc(OCC(=O)N/N=C/c2cccc([N+](=O)[O-])c2)cc1. The average molecular weight is 324 g/mol. The molecule has 0 atom stereocenters. The van der Waals surface area contributed by atoms with Gasteiger partial charge in [-0.1, -0.05) is 12.1 Å². The molecule has 1 N–H and O–H groups in total. The van der Waals surface area contributed by atoms with Gasteiger partial charge in [0.05, 0.1) is 22.8 Å². The Morgan fingerprint density at radius 2 is 2.08 bits per heavy atom. The van der Waals surface area contributed by atoms with Gasteiger partial charge in [-0.2, -0.15) is 10.4 Å². The molecule has 0 saturated carbocycles. The lowest BCUT2D eigenvalue weighted by atomic mass is 10.2. The van der Waals surface area contributed by atoms with E-state index in [0.717, 1.165) is 0 Å². The van der Waals surface area contributed by atoms with Crippen molar-refractivity contribution in [1.29, 1.82) is 5.26 Å². The maximum atomic E-state index is 11.6. The van der Waals surface area contributed by atoms with E-state index >= 15 is 0 Å². The number of hydrogen-bond donors (Lipinski definition) is 1. The van der Waals surface area contributed by atoms with Gasteiger partial charge >= 0.3 is 0 Å². The molecule has 8 nitrogen and oxygen atoms in total. The van der Waals surface area contributed by atoms with Crippen molar-refractivity contribution in [2.75, 3.05) is 6.61 Å². The number of benzene rings is 2. The fraction of sp³-hybridized carbons (Fsp3) is 0.0625. The van der Waals surface area contributed by atoms with Crippen LogP contribution in [-0.4, -0.2) is 23.7 Å². The molecule has 2 aromatic rings. The predicted octanol–water partition coefficient (Wildman–Crippen LogP) is 2.00. The van der Waals surface area contributed by atoms with E-state index < -0.39 is 10.8 Å². The summed E-state index contributed by atoms with van der Waals surface area (Å²) in [5.74, 6) is -0.0344. The van der Waals surface area contributed by atoms with Crippen molar-refractivity contribution in [3.05, 3.63) is 69.8 Å². The van der Waals surface area contributed by atoms with Crippen LogP contribution < -0.4 is 10.2 Å². The van der Waals surface area contributed by atoms with Gasteiger partial charge in [0.15, 0.2) is 6.61 Å². The Balaban J connectivity index is 1.83. The number of rotatable bonds is 6. The molecule has 2 rings (SSSR count). The molecule has 24 heavy (non-hydrogen) atoms. The van der Waals surface area contributed by atoms with Gasteiger partial charge in [-0.15, -0.1) is 0 Å². The van der Waals surface area contributed by atoms with Crippen LogP contribution in [0.4, 0.5) is 5.69 Å². The van der Waals surface area contributed by atoms with E-state index in [0.29, 0.717) is 16.9 Å². The standard InChI is InChI=1S/C16H12N4O4/c17-9-12-4-6-15(7-5-12)24-11-16(21)19-18-10-13-2-1-3-14(8-13)20(22)23/h1-8,10H,11H2,(H,19,21)/b18-10+. The molecule has 0 radical (unpaired) electrons. The zero-order chi connectivity index (χ0) is 17.4. The normalized spacial score (nSPS) is 10.1. The van der Waals surface area contributed by atoms with E-state index in [1.807, 2.05) is 6.07 Å². The van der Waals surface area contributed by atoms with Crippen LogP contribution >= 0.6 is 0 Å². The summed E-state index contributed by atoms with van der Waals surface area (Å²) in [6.45, 7) is -0.252. The minimum absolute atomic E-state index is 0.0607. The lowest BCUT2D eigenvalue weighted by molar-refractivity contribution is -0.384. The van der Waals surface area contributed by atoms with E-state index in [-0.39, 0.29) is 12.3 Å². The molecule has 8 heteroatoms. The van der Waals surface area contributed by atoms with E-state index in [1.165, 1.54) is 24.4 Å². The van der Waals surface area contributed by atoms with Gasteiger partial charge < -0.3 is 4.74 Å². The molecule has 0 heterocycles. The number of amides is 1. The Morgan fingerprint density at radius 3 is 2.75 bits per heavy atom. The van der Waals surface area contributed by atoms with Crippen LogP contribution in [0.5, 0.6) is 5.75 Å². The molecular formula is C16H12N4O4. The van der Waals surface area contributed by atoms with Crippen molar-refractivity contribution in [2.24, 2.45) is 5.10 Å². The van der Waals surface area contributed by atoms with Crippen molar-refractivity contribution >= 4 is 17.8 Å². The monoisotopic (exact) mass is 324 g/mol. The minimum Gasteiger partial charge on any atom is -0.484 e. The van der Waals surface area contributed by atoms with Crippen molar-refractivity contribution < 1.29 is 14.5 Å². The van der Waals surface area contributed by atoms with Crippen LogP contribution in [0.1, 0.15) is 11.1 Å². The number of nitro benzene ring substituents is 1. The third-order valence-corrected chi connectivity index (χ3v) is 2.84. The van der Waals surface area contributed by atoms with Gasteiger partial charge in [-0.25, -0.2) is 5.43 Å². The van der Waals surface area contributed by atoms with Crippen molar-refractivity contribution in [3.63, 3.8) is 0 Å². The third-order valence-electron chi connectivity index (χ3n) is 2.84. The highest BCUT2D eigenvalue weighted by molar-refractivity contribution is 5.83. The number of carbonyl (C=O) groups is 1. The molecule has 0 unspecified atom stereocenters. The summed E-state index contributed by atoms with van der Waals surface area (Å²) in [6.07, 6.45) is 1.30. The Bertz CT molecular complexity index is 810. The Morgan fingerprint density at radius 1 is 1.33 bits per heavy atom.